The Labute approximate surface area is 108 Å². The maximum absolute atomic E-state index is 12.9. The minimum Gasteiger partial charge on any atom is -0.338 e. The number of halogens is 4. The second-order valence-electron chi connectivity index (χ2n) is 3.38. The van der Waals surface area contributed by atoms with Gasteiger partial charge in [-0.3, -0.25) is 0 Å². The molecule has 0 fully saturated rings. The van der Waals surface area contributed by atoms with Crippen molar-refractivity contribution >= 4 is 15.9 Å². The highest BCUT2D eigenvalue weighted by atomic mass is 79.9. The van der Waals surface area contributed by atoms with Gasteiger partial charge in [0.2, 0.25) is 11.7 Å². The number of aromatic nitrogens is 2. The molecule has 0 radical (unpaired) electrons. The topological polar surface area (TPSA) is 64.9 Å². The molecule has 1 aromatic carbocycles. The van der Waals surface area contributed by atoms with Gasteiger partial charge in [0.1, 0.15) is 0 Å². The van der Waals surface area contributed by atoms with Gasteiger partial charge < -0.3 is 10.3 Å². The Hall–Kier alpha value is -1.41. The summed E-state index contributed by atoms with van der Waals surface area (Å²) in [5.41, 5.74) is 4.28. The SMILES string of the molecule is NCc1nc(-c2c(Br)cccc2C(F)(F)F)no1. The van der Waals surface area contributed by atoms with E-state index in [1.165, 1.54) is 12.1 Å². The number of rotatable bonds is 2. The molecule has 18 heavy (non-hydrogen) atoms. The van der Waals surface area contributed by atoms with Crippen LogP contribution in [0.2, 0.25) is 0 Å². The lowest BCUT2D eigenvalue weighted by Crippen LogP contribution is -2.08. The molecule has 0 saturated heterocycles. The molecule has 8 heteroatoms. The monoisotopic (exact) mass is 321 g/mol. The first-order valence-corrected chi connectivity index (χ1v) is 5.61. The molecule has 0 atom stereocenters. The lowest BCUT2D eigenvalue weighted by molar-refractivity contribution is -0.137. The summed E-state index contributed by atoms with van der Waals surface area (Å²) in [4.78, 5) is 3.80. The van der Waals surface area contributed by atoms with Gasteiger partial charge in [0.05, 0.1) is 12.1 Å². The van der Waals surface area contributed by atoms with Crippen molar-refractivity contribution in [2.24, 2.45) is 5.73 Å². The molecular weight excluding hydrogens is 315 g/mol. The molecule has 96 valence electrons. The molecule has 0 aliphatic heterocycles. The van der Waals surface area contributed by atoms with Gasteiger partial charge in [-0.1, -0.05) is 27.2 Å². The number of benzene rings is 1. The van der Waals surface area contributed by atoms with Crippen molar-refractivity contribution in [2.45, 2.75) is 12.7 Å². The quantitative estimate of drug-likeness (QED) is 0.923. The normalized spacial score (nSPS) is 11.8. The van der Waals surface area contributed by atoms with E-state index in [2.05, 4.69) is 26.1 Å². The summed E-state index contributed by atoms with van der Waals surface area (Å²) in [6, 6.07) is 3.72. The smallest absolute Gasteiger partial charge is 0.338 e. The minimum atomic E-state index is -4.50. The molecule has 1 heterocycles. The van der Waals surface area contributed by atoms with E-state index in [0.29, 0.717) is 0 Å². The fourth-order valence-corrected chi connectivity index (χ4v) is 1.97. The summed E-state index contributed by atoms with van der Waals surface area (Å²) in [6.45, 7) is -0.0290. The molecule has 0 aliphatic carbocycles. The average molecular weight is 322 g/mol. The molecule has 2 aromatic rings. The summed E-state index contributed by atoms with van der Waals surface area (Å²) in [7, 11) is 0. The van der Waals surface area contributed by atoms with Crippen LogP contribution < -0.4 is 5.73 Å². The zero-order valence-corrected chi connectivity index (χ0v) is 10.4. The van der Waals surface area contributed by atoms with Crippen LogP contribution in [0.3, 0.4) is 0 Å². The molecule has 0 saturated carbocycles. The van der Waals surface area contributed by atoms with Crippen molar-refractivity contribution in [2.75, 3.05) is 0 Å². The average Bonchev–Trinajstić information content (AvgIpc) is 2.75. The first-order chi connectivity index (χ1) is 8.43. The van der Waals surface area contributed by atoms with Crippen LogP contribution in [0.25, 0.3) is 11.4 Å². The van der Waals surface area contributed by atoms with Gasteiger partial charge in [-0.05, 0) is 12.1 Å². The highest BCUT2D eigenvalue weighted by Gasteiger charge is 2.35. The summed E-state index contributed by atoms with van der Waals surface area (Å²) in [5, 5.41) is 3.50. The Morgan fingerprint density at radius 2 is 2.06 bits per heavy atom. The van der Waals surface area contributed by atoms with Crippen LogP contribution >= 0.6 is 15.9 Å². The molecule has 2 N–H and O–H groups in total. The zero-order chi connectivity index (χ0) is 13.3. The number of alkyl halides is 3. The van der Waals surface area contributed by atoms with Crippen LogP contribution in [-0.2, 0) is 12.7 Å². The lowest BCUT2D eigenvalue weighted by atomic mass is 10.1. The third kappa shape index (κ3) is 2.39. The zero-order valence-electron chi connectivity index (χ0n) is 8.83. The van der Waals surface area contributed by atoms with E-state index in [1.807, 2.05) is 0 Å². The van der Waals surface area contributed by atoms with E-state index in [0.717, 1.165) is 6.07 Å². The Bertz CT molecular complexity index is 568. The highest BCUT2D eigenvalue weighted by molar-refractivity contribution is 9.10. The van der Waals surface area contributed by atoms with Gasteiger partial charge in [0, 0.05) is 10.0 Å². The summed E-state index contributed by atoms with van der Waals surface area (Å²) in [6.07, 6.45) is -4.50. The lowest BCUT2D eigenvalue weighted by Gasteiger charge is -2.11. The number of hydrogen-bond donors (Lipinski definition) is 1. The van der Waals surface area contributed by atoms with Crippen molar-refractivity contribution in [1.29, 1.82) is 0 Å². The van der Waals surface area contributed by atoms with E-state index < -0.39 is 11.7 Å². The van der Waals surface area contributed by atoms with Crippen LogP contribution in [0.5, 0.6) is 0 Å². The van der Waals surface area contributed by atoms with Gasteiger partial charge in [-0.15, -0.1) is 0 Å². The van der Waals surface area contributed by atoms with Gasteiger partial charge in [-0.2, -0.15) is 18.2 Å². The van der Waals surface area contributed by atoms with Gasteiger partial charge in [0.15, 0.2) is 0 Å². The van der Waals surface area contributed by atoms with E-state index >= 15 is 0 Å². The van der Waals surface area contributed by atoms with Crippen LogP contribution in [0.1, 0.15) is 11.5 Å². The van der Waals surface area contributed by atoms with Crippen LogP contribution in [0, 0.1) is 0 Å². The predicted octanol–water partition coefficient (Wildman–Crippen LogP) is 2.98. The fourth-order valence-electron chi connectivity index (χ4n) is 1.43. The third-order valence-electron chi connectivity index (χ3n) is 2.19. The van der Waals surface area contributed by atoms with Crippen molar-refractivity contribution in [3.63, 3.8) is 0 Å². The second-order valence-corrected chi connectivity index (χ2v) is 4.23. The Balaban J connectivity index is 2.62. The van der Waals surface area contributed by atoms with Gasteiger partial charge in [-0.25, -0.2) is 0 Å². The highest BCUT2D eigenvalue weighted by Crippen LogP contribution is 2.39. The molecule has 2 rings (SSSR count). The number of hydrogen-bond acceptors (Lipinski definition) is 4. The van der Waals surface area contributed by atoms with Crippen molar-refractivity contribution in [3.8, 4) is 11.4 Å². The molecule has 0 amide bonds. The van der Waals surface area contributed by atoms with Crippen molar-refractivity contribution < 1.29 is 17.7 Å². The van der Waals surface area contributed by atoms with Crippen LogP contribution in [0.4, 0.5) is 13.2 Å². The molecular formula is C10H7BrF3N3O. The molecule has 4 nitrogen and oxygen atoms in total. The van der Waals surface area contributed by atoms with E-state index in [1.54, 1.807) is 0 Å². The first kappa shape index (κ1) is 13.0. The first-order valence-electron chi connectivity index (χ1n) is 4.82. The van der Waals surface area contributed by atoms with Gasteiger partial charge >= 0.3 is 6.18 Å². The predicted molar refractivity (Wildman–Crippen MR) is 60.3 cm³/mol. The molecule has 0 spiro atoms. The van der Waals surface area contributed by atoms with Crippen LogP contribution in [-0.4, -0.2) is 10.1 Å². The molecule has 0 bridgehead atoms. The summed E-state index contributed by atoms with van der Waals surface area (Å²) in [5.74, 6) is -0.0656. The largest absolute Gasteiger partial charge is 0.417 e. The Morgan fingerprint density at radius 1 is 1.33 bits per heavy atom. The minimum absolute atomic E-state index is 0.0290. The van der Waals surface area contributed by atoms with Crippen LogP contribution in [0.15, 0.2) is 27.2 Å². The maximum Gasteiger partial charge on any atom is 0.417 e. The Morgan fingerprint density at radius 3 is 2.61 bits per heavy atom. The Kier molecular flexibility index (Phi) is 3.40. The second kappa shape index (κ2) is 4.69. The van der Waals surface area contributed by atoms with Crippen molar-refractivity contribution in [1.82, 2.24) is 10.1 Å². The van der Waals surface area contributed by atoms with E-state index in [9.17, 15) is 13.2 Å². The fraction of sp³-hybridized carbons (Fsp3) is 0.200. The molecule has 0 unspecified atom stereocenters. The molecule has 0 aliphatic rings. The number of nitrogens with zero attached hydrogens (tertiary/aromatic N) is 2. The summed E-state index contributed by atoms with van der Waals surface area (Å²) >= 11 is 3.05. The van der Waals surface area contributed by atoms with E-state index in [-0.39, 0.29) is 28.3 Å². The van der Waals surface area contributed by atoms with E-state index in [4.69, 9.17) is 10.3 Å². The van der Waals surface area contributed by atoms with Crippen molar-refractivity contribution in [3.05, 3.63) is 34.1 Å². The third-order valence-corrected chi connectivity index (χ3v) is 2.85. The van der Waals surface area contributed by atoms with Gasteiger partial charge in [0.25, 0.3) is 0 Å². The number of nitrogens with two attached hydrogens (primary N) is 1. The standard InChI is InChI=1S/C10H7BrF3N3O/c11-6-3-1-2-5(10(12,13)14)8(6)9-16-7(4-15)18-17-9/h1-3H,4,15H2. The summed E-state index contributed by atoms with van der Waals surface area (Å²) < 4.78 is 43.6. The maximum atomic E-state index is 12.9. The molecule has 1 aromatic heterocycles.